The van der Waals surface area contributed by atoms with Crippen molar-refractivity contribution < 1.29 is 15.0 Å². The molecule has 4 nitrogen and oxygen atoms in total. The quantitative estimate of drug-likeness (QED) is 0.785. The Labute approximate surface area is 103 Å². The number of carboxylic acids is 1. The van der Waals surface area contributed by atoms with E-state index in [9.17, 15) is 9.90 Å². The fraction of sp³-hybridized carbons (Fsp3) is 0.923. The second kappa shape index (κ2) is 5.36. The number of aliphatic hydroxyl groups is 1. The summed E-state index contributed by atoms with van der Waals surface area (Å²) in [6, 6.07) is 0.130. The zero-order chi connectivity index (χ0) is 12.3. The second-order valence-corrected chi connectivity index (χ2v) is 5.65. The molecule has 0 bridgehead atoms. The molecule has 1 unspecified atom stereocenters. The lowest BCUT2D eigenvalue weighted by atomic mass is 9.95. The Bertz CT molecular complexity index is 274. The SMILES string of the molecule is O=C(O)CC1CCCCN1CC1(O)CCCC1. The van der Waals surface area contributed by atoms with E-state index in [-0.39, 0.29) is 12.5 Å². The summed E-state index contributed by atoms with van der Waals surface area (Å²) in [5.41, 5.74) is -0.548. The van der Waals surface area contributed by atoms with Crippen LogP contribution in [0.5, 0.6) is 0 Å². The summed E-state index contributed by atoms with van der Waals surface area (Å²) in [6.45, 7) is 1.62. The molecule has 1 atom stereocenters. The second-order valence-electron chi connectivity index (χ2n) is 5.65. The van der Waals surface area contributed by atoms with Crippen LogP contribution in [0.4, 0.5) is 0 Å². The maximum atomic E-state index is 10.8. The van der Waals surface area contributed by atoms with Gasteiger partial charge in [-0.1, -0.05) is 19.3 Å². The predicted octanol–water partition coefficient (Wildman–Crippen LogP) is 1.62. The van der Waals surface area contributed by atoms with Crippen LogP contribution >= 0.6 is 0 Å². The molecule has 98 valence electrons. The highest BCUT2D eigenvalue weighted by atomic mass is 16.4. The van der Waals surface area contributed by atoms with E-state index in [1.807, 2.05) is 0 Å². The third-order valence-electron chi connectivity index (χ3n) is 4.19. The van der Waals surface area contributed by atoms with Gasteiger partial charge in [0.15, 0.2) is 0 Å². The highest BCUT2D eigenvalue weighted by molar-refractivity contribution is 5.67. The van der Waals surface area contributed by atoms with Gasteiger partial charge in [0, 0.05) is 12.6 Å². The van der Waals surface area contributed by atoms with Gasteiger partial charge in [-0.2, -0.15) is 0 Å². The van der Waals surface area contributed by atoms with Crippen LogP contribution in [0.3, 0.4) is 0 Å². The molecule has 0 amide bonds. The van der Waals surface area contributed by atoms with E-state index in [0.29, 0.717) is 6.54 Å². The van der Waals surface area contributed by atoms with Crippen molar-refractivity contribution in [3.05, 3.63) is 0 Å². The first-order valence-electron chi connectivity index (χ1n) is 6.77. The van der Waals surface area contributed by atoms with E-state index >= 15 is 0 Å². The van der Waals surface area contributed by atoms with E-state index in [1.165, 1.54) is 0 Å². The van der Waals surface area contributed by atoms with Crippen molar-refractivity contribution in [1.82, 2.24) is 4.90 Å². The van der Waals surface area contributed by atoms with Gasteiger partial charge in [-0.25, -0.2) is 0 Å². The lowest BCUT2D eigenvalue weighted by Crippen LogP contribution is -2.49. The third kappa shape index (κ3) is 3.42. The number of likely N-dealkylation sites (tertiary alicyclic amines) is 1. The summed E-state index contributed by atoms with van der Waals surface area (Å²) in [7, 11) is 0. The summed E-state index contributed by atoms with van der Waals surface area (Å²) in [6.07, 6.45) is 7.39. The van der Waals surface area contributed by atoms with Gasteiger partial charge in [0.1, 0.15) is 0 Å². The number of hydrogen-bond acceptors (Lipinski definition) is 3. The zero-order valence-electron chi connectivity index (χ0n) is 10.4. The summed E-state index contributed by atoms with van der Waals surface area (Å²) in [5.74, 6) is -0.722. The average molecular weight is 241 g/mol. The molecule has 1 saturated carbocycles. The minimum atomic E-state index is -0.722. The minimum absolute atomic E-state index is 0.130. The number of carboxylic acid groups (broad SMARTS) is 1. The first-order chi connectivity index (χ1) is 8.09. The van der Waals surface area contributed by atoms with Crippen molar-refractivity contribution in [3.63, 3.8) is 0 Å². The maximum Gasteiger partial charge on any atom is 0.304 e. The predicted molar refractivity (Wildman–Crippen MR) is 64.9 cm³/mol. The van der Waals surface area contributed by atoms with Gasteiger partial charge in [0.25, 0.3) is 0 Å². The van der Waals surface area contributed by atoms with Gasteiger partial charge in [0.05, 0.1) is 12.0 Å². The van der Waals surface area contributed by atoms with Gasteiger partial charge in [-0.05, 0) is 32.2 Å². The molecule has 1 aliphatic carbocycles. The number of piperidine rings is 1. The Hall–Kier alpha value is -0.610. The molecule has 2 rings (SSSR count). The number of carbonyl (C=O) groups is 1. The molecular weight excluding hydrogens is 218 g/mol. The summed E-state index contributed by atoms with van der Waals surface area (Å²) >= 11 is 0. The summed E-state index contributed by atoms with van der Waals surface area (Å²) in [5, 5.41) is 19.3. The van der Waals surface area contributed by atoms with Crippen molar-refractivity contribution in [3.8, 4) is 0 Å². The van der Waals surface area contributed by atoms with Gasteiger partial charge >= 0.3 is 5.97 Å². The molecule has 0 aromatic carbocycles. The normalized spacial score (nSPS) is 29.4. The lowest BCUT2D eigenvalue weighted by Gasteiger charge is -2.39. The molecular formula is C13H23NO3. The Morgan fingerprint density at radius 3 is 2.59 bits per heavy atom. The molecule has 1 saturated heterocycles. The number of β-amino-alcohol motifs (C(OH)–C–C–N with tert-alkyl or cyclic N) is 1. The van der Waals surface area contributed by atoms with Gasteiger partial charge < -0.3 is 10.2 Å². The van der Waals surface area contributed by atoms with Gasteiger partial charge in [0.2, 0.25) is 0 Å². The number of rotatable bonds is 4. The van der Waals surface area contributed by atoms with E-state index in [2.05, 4.69) is 4.90 Å². The molecule has 2 aliphatic rings. The summed E-state index contributed by atoms with van der Waals surface area (Å²) in [4.78, 5) is 13.1. The number of hydrogen-bond donors (Lipinski definition) is 2. The smallest absolute Gasteiger partial charge is 0.304 e. The molecule has 0 aromatic rings. The first kappa shape index (κ1) is 12.8. The molecule has 0 spiro atoms. The minimum Gasteiger partial charge on any atom is -0.481 e. The van der Waals surface area contributed by atoms with Crippen LogP contribution in [0.15, 0.2) is 0 Å². The Kier molecular flexibility index (Phi) is 4.05. The van der Waals surface area contributed by atoms with Crippen molar-refractivity contribution in [2.45, 2.75) is 63.0 Å². The van der Waals surface area contributed by atoms with Crippen molar-refractivity contribution in [2.24, 2.45) is 0 Å². The molecule has 17 heavy (non-hydrogen) atoms. The Morgan fingerprint density at radius 1 is 1.24 bits per heavy atom. The van der Waals surface area contributed by atoms with Crippen LogP contribution in [-0.4, -0.2) is 45.8 Å². The fourth-order valence-electron chi connectivity index (χ4n) is 3.27. The number of nitrogens with zero attached hydrogens (tertiary/aromatic N) is 1. The van der Waals surface area contributed by atoms with Gasteiger partial charge in [-0.15, -0.1) is 0 Å². The standard InChI is InChI=1S/C13H23NO3/c15-12(16)9-11-5-1-4-8-14(11)10-13(17)6-2-3-7-13/h11,17H,1-10H2,(H,15,16). The lowest BCUT2D eigenvalue weighted by molar-refractivity contribution is -0.139. The van der Waals surface area contributed by atoms with Crippen LogP contribution in [0, 0.1) is 0 Å². The van der Waals surface area contributed by atoms with Crippen LogP contribution in [0.2, 0.25) is 0 Å². The highest BCUT2D eigenvalue weighted by Gasteiger charge is 2.36. The zero-order valence-corrected chi connectivity index (χ0v) is 10.4. The van der Waals surface area contributed by atoms with Gasteiger partial charge in [-0.3, -0.25) is 9.69 Å². The third-order valence-corrected chi connectivity index (χ3v) is 4.19. The monoisotopic (exact) mass is 241 g/mol. The van der Waals surface area contributed by atoms with E-state index in [4.69, 9.17) is 5.11 Å². The van der Waals surface area contributed by atoms with Crippen molar-refractivity contribution in [2.75, 3.05) is 13.1 Å². The van der Waals surface area contributed by atoms with E-state index in [1.54, 1.807) is 0 Å². The number of aliphatic carboxylic acids is 1. The fourth-order valence-corrected chi connectivity index (χ4v) is 3.27. The molecule has 1 aliphatic heterocycles. The molecule has 1 heterocycles. The topological polar surface area (TPSA) is 60.8 Å². The van der Waals surface area contributed by atoms with Crippen LogP contribution in [-0.2, 0) is 4.79 Å². The van der Waals surface area contributed by atoms with Crippen molar-refractivity contribution in [1.29, 1.82) is 0 Å². The molecule has 4 heteroatoms. The van der Waals surface area contributed by atoms with Crippen LogP contribution < -0.4 is 0 Å². The maximum absolute atomic E-state index is 10.8. The Balaban J connectivity index is 1.93. The Morgan fingerprint density at radius 2 is 1.94 bits per heavy atom. The molecule has 2 N–H and O–H groups in total. The van der Waals surface area contributed by atoms with E-state index in [0.717, 1.165) is 51.5 Å². The molecule has 0 radical (unpaired) electrons. The summed E-state index contributed by atoms with van der Waals surface area (Å²) < 4.78 is 0. The van der Waals surface area contributed by atoms with E-state index < -0.39 is 11.6 Å². The molecule has 2 fully saturated rings. The molecule has 0 aromatic heterocycles. The highest BCUT2D eigenvalue weighted by Crippen LogP contribution is 2.32. The largest absolute Gasteiger partial charge is 0.481 e. The average Bonchev–Trinajstić information content (AvgIpc) is 2.67. The first-order valence-corrected chi connectivity index (χ1v) is 6.77. The van der Waals surface area contributed by atoms with Crippen molar-refractivity contribution >= 4 is 5.97 Å². The van der Waals surface area contributed by atoms with Crippen LogP contribution in [0.1, 0.15) is 51.4 Å². The van der Waals surface area contributed by atoms with Crippen LogP contribution in [0.25, 0.3) is 0 Å².